The van der Waals surface area contributed by atoms with E-state index in [0.717, 1.165) is 35.6 Å². The van der Waals surface area contributed by atoms with Gasteiger partial charge in [-0.25, -0.2) is 22.9 Å². The number of nitrogens with one attached hydrogen (secondary N) is 2. The topological polar surface area (TPSA) is 140 Å². The molecule has 0 atom stereocenters. The van der Waals surface area contributed by atoms with Gasteiger partial charge in [0.1, 0.15) is 6.10 Å². The Morgan fingerprint density at radius 2 is 1.94 bits per heavy atom. The number of H-pyrrole nitrogens is 1. The maximum absolute atomic E-state index is 13.4. The molecular formula is C23H29N5O4S2. The lowest BCUT2D eigenvalue weighted by molar-refractivity contribution is 0.0787. The fraction of sp³-hybridized carbons (Fsp3) is 0.435. The Balaban J connectivity index is 1.65. The van der Waals surface area contributed by atoms with E-state index in [2.05, 4.69) is 19.9 Å². The molecule has 1 amide bonds. The number of sulfonamides is 1. The summed E-state index contributed by atoms with van der Waals surface area (Å²) in [6.45, 7) is 5.43. The number of ether oxygens (including phenoxy) is 1. The molecule has 1 saturated carbocycles. The van der Waals surface area contributed by atoms with Gasteiger partial charge in [0.15, 0.2) is 0 Å². The molecule has 0 unspecified atom stereocenters. The van der Waals surface area contributed by atoms with Gasteiger partial charge in [-0.05, 0) is 58.6 Å². The van der Waals surface area contributed by atoms with E-state index in [4.69, 9.17) is 10.5 Å². The number of nitrogens with zero attached hydrogens (tertiary/aromatic N) is 2. The van der Waals surface area contributed by atoms with Gasteiger partial charge < -0.3 is 10.5 Å². The molecule has 1 aliphatic carbocycles. The highest BCUT2D eigenvalue weighted by molar-refractivity contribution is 7.89. The molecular weight excluding hydrogens is 474 g/mol. The Morgan fingerprint density at radius 3 is 2.56 bits per heavy atom. The van der Waals surface area contributed by atoms with Crippen molar-refractivity contribution in [2.24, 2.45) is 5.73 Å². The minimum Gasteiger partial charge on any atom is -0.446 e. The second-order valence-corrected chi connectivity index (χ2v) is 12.2. The second kappa shape index (κ2) is 9.47. The van der Waals surface area contributed by atoms with Gasteiger partial charge >= 0.3 is 6.09 Å². The average Bonchev–Trinajstić information content (AvgIpc) is 3.44. The Hall–Kier alpha value is -2.76. The highest BCUT2D eigenvalue weighted by atomic mass is 32.2. The number of primary amides is 1. The van der Waals surface area contributed by atoms with E-state index in [1.54, 1.807) is 24.5 Å². The van der Waals surface area contributed by atoms with E-state index in [1.165, 1.54) is 11.3 Å². The number of amides is 1. The maximum Gasteiger partial charge on any atom is 0.404 e. The number of nitrogens with two attached hydrogens (primary N) is 1. The van der Waals surface area contributed by atoms with Crippen molar-refractivity contribution in [1.29, 1.82) is 0 Å². The van der Waals surface area contributed by atoms with Gasteiger partial charge in [-0.3, -0.25) is 5.10 Å². The predicted molar refractivity (Wildman–Crippen MR) is 131 cm³/mol. The number of carbonyl (C=O) groups is 1. The van der Waals surface area contributed by atoms with E-state index >= 15 is 0 Å². The van der Waals surface area contributed by atoms with Crippen LogP contribution in [0.1, 0.15) is 57.4 Å². The summed E-state index contributed by atoms with van der Waals surface area (Å²) in [5.74, 6) is 0.238. The van der Waals surface area contributed by atoms with Crippen LogP contribution in [0.25, 0.3) is 21.7 Å². The van der Waals surface area contributed by atoms with Crippen LogP contribution in [-0.4, -0.2) is 41.3 Å². The maximum atomic E-state index is 13.4. The van der Waals surface area contributed by atoms with Crippen molar-refractivity contribution < 1.29 is 17.9 Å². The molecule has 1 aliphatic rings. The minimum absolute atomic E-state index is 0.150. The molecule has 0 radical (unpaired) electrons. The Labute approximate surface area is 203 Å². The average molecular weight is 504 g/mol. The first kappa shape index (κ1) is 24.4. The number of aromatic nitrogens is 3. The molecule has 0 aliphatic heterocycles. The summed E-state index contributed by atoms with van der Waals surface area (Å²) in [5.41, 5.74) is 6.47. The molecule has 3 aromatic rings. The molecule has 1 aromatic carbocycles. The van der Waals surface area contributed by atoms with Gasteiger partial charge in [0, 0.05) is 35.0 Å². The summed E-state index contributed by atoms with van der Waals surface area (Å²) < 4.78 is 34.7. The van der Waals surface area contributed by atoms with Crippen molar-refractivity contribution in [2.75, 3.05) is 0 Å². The largest absolute Gasteiger partial charge is 0.446 e. The molecule has 1 fully saturated rings. The van der Waals surface area contributed by atoms with Crippen LogP contribution in [0.2, 0.25) is 0 Å². The molecule has 0 bridgehead atoms. The molecule has 4 N–H and O–H groups in total. The summed E-state index contributed by atoms with van der Waals surface area (Å²) in [5, 5.41) is 7.91. The monoisotopic (exact) mass is 503 g/mol. The van der Waals surface area contributed by atoms with E-state index < -0.39 is 21.7 Å². The van der Waals surface area contributed by atoms with Crippen molar-refractivity contribution in [3.8, 4) is 21.7 Å². The van der Waals surface area contributed by atoms with Gasteiger partial charge in [0.05, 0.1) is 20.5 Å². The molecule has 182 valence electrons. The Bertz CT molecular complexity index is 1250. The summed E-state index contributed by atoms with van der Waals surface area (Å²) in [6.07, 6.45) is 5.68. The van der Waals surface area contributed by atoms with Crippen LogP contribution in [-0.2, 0) is 14.8 Å². The lowest BCUT2D eigenvalue weighted by atomic mass is 9.88. The van der Waals surface area contributed by atoms with Gasteiger partial charge in [0.25, 0.3) is 0 Å². The molecule has 4 rings (SSSR count). The van der Waals surface area contributed by atoms with Crippen LogP contribution < -0.4 is 10.5 Å². The van der Waals surface area contributed by atoms with E-state index in [1.807, 2.05) is 32.9 Å². The van der Waals surface area contributed by atoms with Gasteiger partial charge in [-0.15, -0.1) is 11.3 Å². The third-order valence-electron chi connectivity index (χ3n) is 5.60. The number of carbonyl (C=O) groups excluding carboxylic acids is 1. The summed E-state index contributed by atoms with van der Waals surface area (Å²) in [6, 6.07) is 7.14. The van der Waals surface area contributed by atoms with Crippen LogP contribution in [0.15, 0.2) is 41.6 Å². The number of rotatable bonds is 6. The van der Waals surface area contributed by atoms with Gasteiger partial charge in [0.2, 0.25) is 10.0 Å². The van der Waals surface area contributed by atoms with Crippen molar-refractivity contribution in [3.63, 3.8) is 0 Å². The van der Waals surface area contributed by atoms with Crippen LogP contribution in [0.5, 0.6) is 0 Å². The van der Waals surface area contributed by atoms with Crippen molar-refractivity contribution >= 4 is 27.5 Å². The zero-order valence-electron chi connectivity index (χ0n) is 19.4. The molecule has 11 heteroatoms. The third-order valence-corrected chi connectivity index (χ3v) is 8.59. The van der Waals surface area contributed by atoms with Crippen LogP contribution >= 0.6 is 11.3 Å². The Kier molecular flexibility index (Phi) is 6.79. The van der Waals surface area contributed by atoms with Crippen LogP contribution in [0.4, 0.5) is 4.79 Å². The van der Waals surface area contributed by atoms with Crippen molar-refractivity contribution in [2.45, 2.75) is 68.9 Å². The lowest BCUT2D eigenvalue weighted by Crippen LogP contribution is -2.40. The number of thiazole rings is 1. The number of benzene rings is 1. The van der Waals surface area contributed by atoms with Crippen molar-refractivity contribution in [1.82, 2.24) is 19.9 Å². The summed E-state index contributed by atoms with van der Waals surface area (Å²) in [7, 11) is -3.81. The normalized spacial score (nSPS) is 19.1. The first-order chi connectivity index (χ1) is 16.0. The number of hydrogen-bond acceptors (Lipinski definition) is 7. The summed E-state index contributed by atoms with van der Waals surface area (Å²) in [4.78, 5) is 16.6. The van der Waals surface area contributed by atoms with Crippen molar-refractivity contribution in [3.05, 3.63) is 41.7 Å². The fourth-order valence-corrected chi connectivity index (χ4v) is 7.04. The van der Waals surface area contributed by atoms with E-state index in [9.17, 15) is 13.2 Å². The quantitative estimate of drug-likeness (QED) is 0.455. The molecule has 34 heavy (non-hydrogen) atoms. The highest BCUT2D eigenvalue weighted by Gasteiger charge is 2.29. The highest BCUT2D eigenvalue weighted by Crippen LogP contribution is 2.40. The molecule has 9 nitrogen and oxygen atoms in total. The van der Waals surface area contributed by atoms with Crippen LogP contribution in [0.3, 0.4) is 0 Å². The molecule has 0 spiro atoms. The first-order valence-electron chi connectivity index (χ1n) is 11.1. The third kappa shape index (κ3) is 5.65. The SMILES string of the molecule is CC(C)(C)NS(=O)(=O)c1cc(-c2cc[nH]n2)ccc1-c1cnc([C@H]2CC[C@H](OC(N)=O)CC2)s1. The first-order valence-corrected chi connectivity index (χ1v) is 13.4. The predicted octanol–water partition coefficient (Wildman–Crippen LogP) is 4.40. The number of hydrogen-bond donors (Lipinski definition) is 3. The van der Waals surface area contributed by atoms with E-state index in [0.29, 0.717) is 16.8 Å². The number of aromatic amines is 1. The molecule has 2 aromatic heterocycles. The zero-order chi connectivity index (χ0) is 24.5. The molecule has 0 saturated heterocycles. The fourth-order valence-electron chi connectivity index (χ4n) is 4.18. The van der Waals surface area contributed by atoms with Gasteiger partial charge in [-0.2, -0.15) is 5.10 Å². The smallest absolute Gasteiger partial charge is 0.404 e. The van der Waals surface area contributed by atoms with E-state index in [-0.39, 0.29) is 16.9 Å². The Morgan fingerprint density at radius 1 is 1.21 bits per heavy atom. The van der Waals surface area contributed by atoms with Crippen LogP contribution in [0, 0.1) is 0 Å². The minimum atomic E-state index is -3.81. The second-order valence-electron chi connectivity index (χ2n) is 9.50. The van der Waals surface area contributed by atoms with Gasteiger partial charge in [-0.1, -0.05) is 12.1 Å². The zero-order valence-corrected chi connectivity index (χ0v) is 21.0. The summed E-state index contributed by atoms with van der Waals surface area (Å²) >= 11 is 1.50. The standard InChI is InChI=1S/C23H29N5O4S2/c1-23(2,3)28-34(30,31)20-12-15(18-10-11-26-27-18)6-9-17(20)19-13-25-21(33-19)14-4-7-16(8-5-14)32-22(24)29/h6,9-14,16,28H,4-5,7-8H2,1-3H3,(H2,24,29)(H,26,27)/t14-,16-. The lowest BCUT2D eigenvalue weighted by Gasteiger charge is -2.26. The molecule has 2 heterocycles.